The summed E-state index contributed by atoms with van der Waals surface area (Å²) in [6.45, 7) is 2.49. The average molecular weight is 430 g/mol. The molecule has 0 aliphatic carbocycles. The Kier molecular flexibility index (Phi) is 5.86. The summed E-state index contributed by atoms with van der Waals surface area (Å²) in [5, 5.41) is 4.89. The molecule has 3 heterocycles. The number of hydrogen-bond acceptors (Lipinski definition) is 7. The Morgan fingerprint density at radius 2 is 1.83 bits per heavy atom. The van der Waals surface area contributed by atoms with Crippen molar-refractivity contribution in [3.8, 4) is 11.5 Å². The largest absolute Gasteiger partial charge is 0.485 e. The molecule has 1 aromatic heterocycles. The number of carbonyl (C=O) groups is 3. The highest BCUT2D eigenvalue weighted by Crippen LogP contribution is 2.31. The third-order valence-corrected chi connectivity index (χ3v) is 5.85. The van der Waals surface area contributed by atoms with E-state index in [1.54, 1.807) is 22.4 Å². The maximum Gasteiger partial charge on any atom is 0.267 e. The van der Waals surface area contributed by atoms with Crippen LogP contribution in [0.5, 0.6) is 11.5 Å². The molecule has 1 saturated heterocycles. The Balaban J connectivity index is 1.26. The van der Waals surface area contributed by atoms with E-state index in [0.29, 0.717) is 48.2 Å². The standard InChI is InChI=1S/C20H22N4O5S/c21-18(26)13-5-10-30-19(13)22-17(25)11-23-6-8-24(9-7-23)20(27)16-12-28-14-3-1-2-4-15(14)29-16/h1-5,10,16H,6-9,11-12H2,(H2,21,26)(H,22,25)/t16-/m1/s1. The van der Waals surface area contributed by atoms with Gasteiger partial charge in [0.25, 0.3) is 11.8 Å². The molecular formula is C20H22N4O5S. The van der Waals surface area contributed by atoms with Crippen molar-refractivity contribution in [2.24, 2.45) is 5.73 Å². The molecule has 0 bridgehead atoms. The van der Waals surface area contributed by atoms with Crippen LogP contribution in [0.2, 0.25) is 0 Å². The number of ether oxygens (including phenoxy) is 2. The number of amides is 3. The molecule has 3 amide bonds. The maximum atomic E-state index is 12.8. The summed E-state index contributed by atoms with van der Waals surface area (Å²) in [4.78, 5) is 40.2. The first-order chi connectivity index (χ1) is 14.5. The smallest absolute Gasteiger partial charge is 0.267 e. The highest BCUT2D eigenvalue weighted by molar-refractivity contribution is 7.14. The third kappa shape index (κ3) is 4.39. The number of fused-ring (bicyclic) bond motifs is 1. The molecule has 9 nitrogen and oxygen atoms in total. The fraction of sp³-hybridized carbons (Fsp3) is 0.350. The van der Waals surface area contributed by atoms with Crippen LogP contribution in [0.4, 0.5) is 5.00 Å². The van der Waals surface area contributed by atoms with E-state index < -0.39 is 12.0 Å². The predicted octanol–water partition coefficient (Wildman–Crippen LogP) is 0.770. The van der Waals surface area contributed by atoms with Gasteiger partial charge in [0.1, 0.15) is 11.6 Å². The number of piperazine rings is 1. The molecule has 1 fully saturated rings. The molecule has 2 aromatic rings. The number of nitrogens with zero attached hydrogens (tertiary/aromatic N) is 2. The normalized spacial score (nSPS) is 18.7. The summed E-state index contributed by atoms with van der Waals surface area (Å²) in [7, 11) is 0. The van der Waals surface area contributed by atoms with Gasteiger partial charge in [-0.1, -0.05) is 12.1 Å². The van der Waals surface area contributed by atoms with Crippen molar-refractivity contribution in [3.63, 3.8) is 0 Å². The van der Waals surface area contributed by atoms with Gasteiger partial charge in [0.05, 0.1) is 12.1 Å². The molecule has 4 rings (SSSR count). The van der Waals surface area contributed by atoms with Crippen molar-refractivity contribution >= 4 is 34.1 Å². The minimum atomic E-state index is -0.666. The Hall–Kier alpha value is -3.11. The fourth-order valence-corrected chi connectivity index (χ4v) is 4.25. The zero-order valence-electron chi connectivity index (χ0n) is 16.2. The van der Waals surface area contributed by atoms with Crippen LogP contribution in [0.1, 0.15) is 10.4 Å². The molecule has 0 unspecified atom stereocenters. The van der Waals surface area contributed by atoms with E-state index in [0.717, 1.165) is 0 Å². The topological polar surface area (TPSA) is 114 Å². The Labute approximate surface area is 177 Å². The highest BCUT2D eigenvalue weighted by atomic mass is 32.1. The number of thiophene rings is 1. The van der Waals surface area contributed by atoms with Gasteiger partial charge >= 0.3 is 0 Å². The lowest BCUT2D eigenvalue weighted by atomic mass is 10.2. The first-order valence-corrected chi connectivity index (χ1v) is 10.5. The number of benzene rings is 1. The molecule has 1 aromatic carbocycles. The van der Waals surface area contributed by atoms with Gasteiger partial charge in [0, 0.05) is 26.2 Å². The highest BCUT2D eigenvalue weighted by Gasteiger charge is 2.33. The lowest BCUT2D eigenvalue weighted by Gasteiger charge is -2.36. The van der Waals surface area contributed by atoms with Gasteiger partial charge in [-0.25, -0.2) is 0 Å². The summed E-state index contributed by atoms with van der Waals surface area (Å²) in [5.74, 6) is 0.303. The molecule has 10 heteroatoms. The van der Waals surface area contributed by atoms with Crippen molar-refractivity contribution < 1.29 is 23.9 Å². The molecule has 158 valence electrons. The van der Waals surface area contributed by atoms with Crippen LogP contribution in [0.25, 0.3) is 0 Å². The van der Waals surface area contributed by atoms with Crippen LogP contribution in [0.15, 0.2) is 35.7 Å². The maximum absolute atomic E-state index is 12.8. The fourth-order valence-electron chi connectivity index (χ4n) is 3.44. The van der Waals surface area contributed by atoms with E-state index in [9.17, 15) is 14.4 Å². The van der Waals surface area contributed by atoms with Crippen LogP contribution < -0.4 is 20.5 Å². The Morgan fingerprint density at radius 3 is 2.57 bits per heavy atom. The number of carbonyl (C=O) groups excluding carboxylic acids is 3. The second-order valence-corrected chi connectivity index (χ2v) is 7.96. The summed E-state index contributed by atoms with van der Waals surface area (Å²) >= 11 is 1.25. The lowest BCUT2D eigenvalue weighted by molar-refractivity contribution is -0.143. The van der Waals surface area contributed by atoms with Gasteiger partial charge in [-0.3, -0.25) is 19.3 Å². The Morgan fingerprint density at radius 1 is 1.10 bits per heavy atom. The first kappa shape index (κ1) is 20.2. The van der Waals surface area contributed by atoms with Crippen LogP contribution in [-0.4, -0.2) is 73.0 Å². The number of nitrogens with one attached hydrogen (secondary N) is 1. The van der Waals surface area contributed by atoms with E-state index in [1.165, 1.54) is 11.3 Å². The first-order valence-electron chi connectivity index (χ1n) is 9.58. The molecule has 1 atom stereocenters. The zero-order valence-corrected chi connectivity index (χ0v) is 17.0. The number of nitrogens with two attached hydrogens (primary N) is 1. The number of hydrogen-bond donors (Lipinski definition) is 2. The number of primary amides is 1. The molecule has 2 aliphatic rings. The number of para-hydroxylation sites is 2. The second kappa shape index (κ2) is 8.72. The monoisotopic (exact) mass is 430 g/mol. The average Bonchev–Trinajstić information content (AvgIpc) is 3.21. The van der Waals surface area contributed by atoms with Crippen molar-refractivity contribution in [1.29, 1.82) is 0 Å². The van der Waals surface area contributed by atoms with Crippen LogP contribution in [-0.2, 0) is 9.59 Å². The molecule has 3 N–H and O–H groups in total. The number of rotatable bonds is 5. The summed E-state index contributed by atoms with van der Waals surface area (Å²) in [5.41, 5.74) is 5.61. The molecule has 0 radical (unpaired) electrons. The van der Waals surface area contributed by atoms with Crippen molar-refractivity contribution in [2.45, 2.75) is 6.10 Å². The van der Waals surface area contributed by atoms with E-state index >= 15 is 0 Å². The van der Waals surface area contributed by atoms with Crippen LogP contribution in [0, 0.1) is 0 Å². The van der Waals surface area contributed by atoms with Gasteiger partial charge < -0.3 is 25.4 Å². The molecule has 30 heavy (non-hydrogen) atoms. The molecule has 0 saturated carbocycles. The van der Waals surface area contributed by atoms with Gasteiger partial charge in [-0.05, 0) is 23.6 Å². The van der Waals surface area contributed by atoms with E-state index in [2.05, 4.69) is 5.32 Å². The van der Waals surface area contributed by atoms with E-state index in [-0.39, 0.29) is 25.0 Å². The zero-order chi connectivity index (χ0) is 21.1. The van der Waals surface area contributed by atoms with Gasteiger partial charge in [-0.15, -0.1) is 11.3 Å². The van der Waals surface area contributed by atoms with Crippen molar-refractivity contribution in [3.05, 3.63) is 41.3 Å². The number of anilines is 1. The minimum Gasteiger partial charge on any atom is -0.485 e. The van der Waals surface area contributed by atoms with Crippen molar-refractivity contribution in [2.75, 3.05) is 44.6 Å². The van der Waals surface area contributed by atoms with Gasteiger partial charge in [0.2, 0.25) is 12.0 Å². The SMILES string of the molecule is NC(=O)c1ccsc1NC(=O)CN1CCN(C(=O)[C@H]2COc3ccccc3O2)CC1. The molecule has 0 spiro atoms. The van der Waals surface area contributed by atoms with Crippen LogP contribution in [0.3, 0.4) is 0 Å². The molecule has 2 aliphatic heterocycles. The minimum absolute atomic E-state index is 0.113. The molecular weight excluding hydrogens is 408 g/mol. The van der Waals surface area contributed by atoms with Gasteiger partial charge in [-0.2, -0.15) is 0 Å². The van der Waals surface area contributed by atoms with Crippen LogP contribution >= 0.6 is 11.3 Å². The van der Waals surface area contributed by atoms with Gasteiger partial charge in [0.15, 0.2) is 11.5 Å². The van der Waals surface area contributed by atoms with E-state index in [4.69, 9.17) is 15.2 Å². The Bertz CT molecular complexity index is 954. The van der Waals surface area contributed by atoms with Crippen molar-refractivity contribution in [1.82, 2.24) is 9.80 Å². The second-order valence-electron chi connectivity index (χ2n) is 7.04. The quantitative estimate of drug-likeness (QED) is 0.724. The lowest BCUT2D eigenvalue weighted by Crippen LogP contribution is -2.54. The third-order valence-electron chi connectivity index (χ3n) is 5.02. The summed E-state index contributed by atoms with van der Waals surface area (Å²) in [6, 6.07) is 8.86. The van der Waals surface area contributed by atoms with E-state index in [1.807, 2.05) is 23.1 Å². The summed E-state index contributed by atoms with van der Waals surface area (Å²) < 4.78 is 11.4. The summed E-state index contributed by atoms with van der Waals surface area (Å²) in [6.07, 6.45) is -0.666. The predicted molar refractivity (Wildman–Crippen MR) is 111 cm³/mol.